The molecular weight excluding hydrogens is 328 g/mol. The Morgan fingerprint density at radius 3 is 2.76 bits per heavy atom. The number of carbonyl (C=O) groups excluding carboxylic acids is 1. The lowest BCUT2D eigenvalue weighted by Gasteiger charge is -2.36. The molecule has 0 saturated carbocycles. The summed E-state index contributed by atoms with van der Waals surface area (Å²) >= 11 is 3.45. The summed E-state index contributed by atoms with van der Waals surface area (Å²) in [5.74, 6) is 0.537. The van der Waals surface area contributed by atoms with E-state index in [2.05, 4.69) is 39.9 Å². The molecule has 1 aromatic rings. The van der Waals surface area contributed by atoms with Gasteiger partial charge < -0.3 is 10.6 Å². The Morgan fingerprint density at radius 2 is 2.10 bits per heavy atom. The predicted molar refractivity (Wildman–Crippen MR) is 90.2 cm³/mol. The molecule has 3 nitrogen and oxygen atoms in total. The van der Waals surface area contributed by atoms with Gasteiger partial charge in [0.2, 0.25) is 5.91 Å². The molecule has 2 atom stereocenters. The Hall–Kier alpha value is -0.870. The van der Waals surface area contributed by atoms with Crippen LogP contribution in [0.5, 0.6) is 0 Å². The summed E-state index contributed by atoms with van der Waals surface area (Å²) in [5, 5.41) is 0. The number of amides is 1. The molecule has 1 aliphatic rings. The van der Waals surface area contributed by atoms with Gasteiger partial charge in [-0.2, -0.15) is 0 Å². The van der Waals surface area contributed by atoms with Gasteiger partial charge in [0.15, 0.2) is 0 Å². The van der Waals surface area contributed by atoms with E-state index in [1.54, 1.807) is 0 Å². The van der Waals surface area contributed by atoms with E-state index in [0.717, 1.165) is 30.3 Å². The van der Waals surface area contributed by atoms with Crippen LogP contribution in [0.15, 0.2) is 28.7 Å². The van der Waals surface area contributed by atoms with Crippen molar-refractivity contribution >= 4 is 21.8 Å². The van der Waals surface area contributed by atoms with E-state index in [0.29, 0.717) is 19.0 Å². The maximum atomic E-state index is 12.6. The molecule has 21 heavy (non-hydrogen) atoms. The molecule has 0 bridgehead atoms. The number of hydrogen-bond acceptors (Lipinski definition) is 2. The number of carbonyl (C=O) groups is 1. The second-order valence-electron chi connectivity index (χ2n) is 5.97. The van der Waals surface area contributed by atoms with Gasteiger partial charge in [-0.15, -0.1) is 0 Å². The standard InChI is InChI=1S/C17H25BrN2O/c1-13(14-5-7-15(18)8-6-14)12-17(21)20-11-3-2-4-16(20)9-10-19/h5-8,13,16H,2-4,9-12,19H2,1H3. The molecule has 116 valence electrons. The fourth-order valence-corrected chi connectivity index (χ4v) is 3.37. The van der Waals surface area contributed by atoms with Crippen molar-refractivity contribution in [3.63, 3.8) is 0 Å². The first kappa shape index (κ1) is 16.5. The SMILES string of the molecule is CC(CC(=O)N1CCCCC1CCN)c1ccc(Br)cc1. The van der Waals surface area contributed by atoms with Crippen LogP contribution in [0.4, 0.5) is 0 Å². The van der Waals surface area contributed by atoms with Crippen molar-refractivity contribution < 1.29 is 4.79 Å². The van der Waals surface area contributed by atoms with Crippen LogP contribution in [0.1, 0.15) is 50.5 Å². The molecule has 1 heterocycles. The topological polar surface area (TPSA) is 46.3 Å². The third-order valence-electron chi connectivity index (χ3n) is 4.37. The summed E-state index contributed by atoms with van der Waals surface area (Å²) in [4.78, 5) is 14.7. The van der Waals surface area contributed by atoms with E-state index >= 15 is 0 Å². The smallest absolute Gasteiger partial charge is 0.223 e. The van der Waals surface area contributed by atoms with Crippen LogP contribution in [0.2, 0.25) is 0 Å². The maximum Gasteiger partial charge on any atom is 0.223 e. The Balaban J connectivity index is 1.97. The number of rotatable bonds is 5. The first-order valence-electron chi connectivity index (χ1n) is 7.87. The van der Waals surface area contributed by atoms with Crippen LogP contribution in [0.3, 0.4) is 0 Å². The van der Waals surface area contributed by atoms with Gasteiger partial charge in [-0.25, -0.2) is 0 Å². The normalized spacial score (nSPS) is 20.3. The molecule has 0 aliphatic carbocycles. The lowest BCUT2D eigenvalue weighted by atomic mass is 9.94. The van der Waals surface area contributed by atoms with Gasteiger partial charge in [-0.1, -0.05) is 35.0 Å². The zero-order chi connectivity index (χ0) is 15.2. The molecule has 0 aromatic heterocycles. The first-order valence-corrected chi connectivity index (χ1v) is 8.66. The highest BCUT2D eigenvalue weighted by Gasteiger charge is 2.26. The highest BCUT2D eigenvalue weighted by molar-refractivity contribution is 9.10. The molecule has 2 unspecified atom stereocenters. The molecule has 1 saturated heterocycles. The predicted octanol–water partition coefficient (Wildman–Crippen LogP) is 3.67. The summed E-state index contributed by atoms with van der Waals surface area (Å²) in [6.07, 6.45) is 4.97. The summed E-state index contributed by atoms with van der Waals surface area (Å²) < 4.78 is 1.07. The van der Waals surface area contributed by atoms with Gasteiger partial charge in [0.05, 0.1) is 0 Å². The van der Waals surface area contributed by atoms with Crippen LogP contribution in [0, 0.1) is 0 Å². The molecule has 4 heteroatoms. The van der Waals surface area contributed by atoms with Gasteiger partial charge in [0, 0.05) is 23.5 Å². The molecule has 2 N–H and O–H groups in total. The number of nitrogens with two attached hydrogens (primary N) is 1. The largest absolute Gasteiger partial charge is 0.340 e. The van der Waals surface area contributed by atoms with Crippen LogP contribution in [-0.2, 0) is 4.79 Å². The number of halogens is 1. The lowest BCUT2D eigenvalue weighted by molar-refractivity contribution is -0.135. The maximum absolute atomic E-state index is 12.6. The average Bonchev–Trinajstić information content (AvgIpc) is 2.48. The van der Waals surface area contributed by atoms with E-state index in [-0.39, 0.29) is 11.8 Å². The van der Waals surface area contributed by atoms with E-state index < -0.39 is 0 Å². The van der Waals surface area contributed by atoms with Gasteiger partial charge in [0.25, 0.3) is 0 Å². The second kappa shape index (κ2) is 7.95. The highest BCUT2D eigenvalue weighted by Crippen LogP contribution is 2.25. The number of nitrogens with zero attached hydrogens (tertiary/aromatic N) is 1. The molecule has 1 fully saturated rings. The minimum absolute atomic E-state index is 0.256. The van der Waals surface area contributed by atoms with Crippen molar-refractivity contribution in [2.24, 2.45) is 5.73 Å². The van der Waals surface area contributed by atoms with Gasteiger partial charge in [-0.05, 0) is 55.8 Å². The fraction of sp³-hybridized carbons (Fsp3) is 0.588. The minimum atomic E-state index is 0.256. The quantitative estimate of drug-likeness (QED) is 0.878. The van der Waals surface area contributed by atoms with Crippen molar-refractivity contribution in [2.75, 3.05) is 13.1 Å². The summed E-state index contributed by atoms with van der Waals surface area (Å²) in [5.41, 5.74) is 6.91. The number of benzene rings is 1. The zero-order valence-electron chi connectivity index (χ0n) is 12.7. The second-order valence-corrected chi connectivity index (χ2v) is 6.89. The summed E-state index contributed by atoms with van der Waals surface area (Å²) in [6.45, 7) is 3.69. The van der Waals surface area contributed by atoms with Gasteiger partial charge >= 0.3 is 0 Å². The van der Waals surface area contributed by atoms with E-state index in [1.165, 1.54) is 12.0 Å². The third kappa shape index (κ3) is 4.55. The number of hydrogen-bond donors (Lipinski definition) is 1. The van der Waals surface area contributed by atoms with Crippen molar-refractivity contribution in [2.45, 2.75) is 51.0 Å². The van der Waals surface area contributed by atoms with Crippen molar-refractivity contribution in [1.82, 2.24) is 4.90 Å². The van der Waals surface area contributed by atoms with Crippen molar-refractivity contribution in [1.29, 1.82) is 0 Å². The zero-order valence-corrected chi connectivity index (χ0v) is 14.3. The Labute approximate surface area is 136 Å². The lowest BCUT2D eigenvalue weighted by Crippen LogP contribution is -2.44. The summed E-state index contributed by atoms with van der Waals surface area (Å²) in [7, 11) is 0. The molecule has 1 aromatic carbocycles. The van der Waals surface area contributed by atoms with E-state index in [9.17, 15) is 4.79 Å². The van der Waals surface area contributed by atoms with Gasteiger partial charge in [0.1, 0.15) is 0 Å². The van der Waals surface area contributed by atoms with Gasteiger partial charge in [-0.3, -0.25) is 4.79 Å². The molecular formula is C17H25BrN2O. The Kier molecular flexibility index (Phi) is 6.24. The molecule has 0 radical (unpaired) electrons. The number of likely N-dealkylation sites (tertiary alicyclic amines) is 1. The van der Waals surface area contributed by atoms with E-state index in [1.807, 2.05) is 12.1 Å². The first-order chi connectivity index (χ1) is 10.1. The average molecular weight is 353 g/mol. The minimum Gasteiger partial charge on any atom is -0.340 e. The van der Waals surface area contributed by atoms with Crippen LogP contribution < -0.4 is 5.73 Å². The van der Waals surface area contributed by atoms with Crippen molar-refractivity contribution in [3.05, 3.63) is 34.3 Å². The number of piperidine rings is 1. The highest BCUT2D eigenvalue weighted by atomic mass is 79.9. The fourth-order valence-electron chi connectivity index (χ4n) is 3.11. The Bertz CT molecular complexity index is 458. The monoisotopic (exact) mass is 352 g/mol. The van der Waals surface area contributed by atoms with Crippen LogP contribution in [-0.4, -0.2) is 29.9 Å². The third-order valence-corrected chi connectivity index (χ3v) is 4.90. The van der Waals surface area contributed by atoms with Crippen molar-refractivity contribution in [3.8, 4) is 0 Å². The van der Waals surface area contributed by atoms with Crippen LogP contribution >= 0.6 is 15.9 Å². The molecule has 2 rings (SSSR count). The Morgan fingerprint density at radius 1 is 1.38 bits per heavy atom. The van der Waals surface area contributed by atoms with E-state index in [4.69, 9.17) is 5.73 Å². The van der Waals surface area contributed by atoms with Crippen LogP contribution in [0.25, 0.3) is 0 Å². The molecule has 0 spiro atoms. The summed E-state index contributed by atoms with van der Waals surface area (Å²) in [6, 6.07) is 8.61. The molecule has 1 amide bonds. The molecule has 1 aliphatic heterocycles.